The van der Waals surface area contributed by atoms with Gasteiger partial charge in [-0.1, -0.05) is 48.5 Å². The van der Waals surface area contributed by atoms with Gasteiger partial charge < -0.3 is 39.1 Å². The van der Waals surface area contributed by atoms with Crippen LogP contribution in [-0.2, 0) is 0 Å². The molecular weight excluding hydrogens is 864 g/mol. The summed E-state index contributed by atoms with van der Waals surface area (Å²) in [5.74, 6) is 3.72. The van der Waals surface area contributed by atoms with Gasteiger partial charge in [0.05, 0.1) is 49.2 Å². The van der Waals surface area contributed by atoms with Gasteiger partial charge in [-0.15, -0.1) is 0 Å². The van der Waals surface area contributed by atoms with Crippen molar-refractivity contribution in [3.63, 3.8) is 0 Å². The zero-order chi connectivity index (χ0) is 41.2. The monoisotopic (exact) mass is 900 g/mol. The van der Waals surface area contributed by atoms with Crippen LogP contribution in [-0.4, -0.2) is 47.4 Å². The first kappa shape index (κ1) is 39.9. The molecule has 2 aliphatic rings. The second kappa shape index (κ2) is 16.6. The van der Waals surface area contributed by atoms with E-state index in [1.807, 2.05) is 97.9 Å². The lowest BCUT2D eigenvalue weighted by Gasteiger charge is -2.31. The minimum atomic E-state index is -0.380. The van der Waals surface area contributed by atoms with Crippen LogP contribution in [0.15, 0.2) is 129 Å². The maximum atomic E-state index is 10.1. The van der Waals surface area contributed by atoms with E-state index in [9.17, 15) is 10.5 Å². The van der Waals surface area contributed by atoms with E-state index in [4.69, 9.17) is 34.2 Å². The van der Waals surface area contributed by atoms with Crippen LogP contribution >= 0.6 is 31.9 Å². The Hall–Kier alpha value is -6.34. The van der Waals surface area contributed by atoms with Crippen molar-refractivity contribution in [3.05, 3.63) is 151 Å². The molecule has 0 spiro atoms. The van der Waals surface area contributed by atoms with Gasteiger partial charge in [0.25, 0.3) is 0 Å². The molecule has 0 fully saturated rings. The number of fused-ring (bicyclic) bond motifs is 4. The Bertz CT molecular complexity index is 2750. The van der Waals surface area contributed by atoms with Crippen LogP contribution in [0.1, 0.15) is 34.1 Å². The number of rotatable bonds is 7. The predicted octanol–water partition coefficient (Wildman–Crippen LogP) is 10.3. The molecule has 0 amide bonds. The van der Waals surface area contributed by atoms with Gasteiger partial charge in [0.15, 0.2) is 23.0 Å². The molecule has 2 atom stereocenters. The number of nitriles is 2. The first-order chi connectivity index (χ1) is 28.0. The number of allylic oxidation sites excluding steroid dienone is 2. The highest BCUT2D eigenvalue weighted by Gasteiger charge is 2.35. The van der Waals surface area contributed by atoms with E-state index in [0.717, 1.165) is 58.5 Å². The molecule has 0 aromatic heterocycles. The van der Waals surface area contributed by atoms with Crippen LogP contribution in [0.4, 0.5) is 0 Å². The van der Waals surface area contributed by atoms with E-state index in [0.29, 0.717) is 45.8 Å². The Labute approximate surface area is 353 Å². The summed E-state index contributed by atoms with van der Waals surface area (Å²) in [6.45, 7) is 0. The third-order valence-electron chi connectivity index (χ3n) is 10.1. The summed E-state index contributed by atoms with van der Waals surface area (Å²) in [5, 5.41) is 24.2. The summed E-state index contributed by atoms with van der Waals surface area (Å²) < 4.78 is 35.4. The van der Waals surface area contributed by atoms with E-state index in [-0.39, 0.29) is 17.7 Å². The zero-order valence-corrected chi connectivity index (χ0v) is 35.7. The van der Waals surface area contributed by atoms with Crippen LogP contribution in [0.25, 0.3) is 21.5 Å². The van der Waals surface area contributed by atoms with Crippen LogP contribution in [0, 0.1) is 22.7 Å². The highest BCUT2D eigenvalue weighted by atomic mass is 79.9. The molecule has 8 rings (SSSR count). The van der Waals surface area contributed by atoms with Crippen LogP contribution < -0.4 is 34.2 Å². The van der Waals surface area contributed by atoms with Crippen molar-refractivity contribution in [2.45, 2.75) is 11.8 Å². The quantitative estimate of drug-likeness (QED) is 0.165. The lowest BCUT2D eigenvalue weighted by molar-refractivity contribution is 0.264. The van der Waals surface area contributed by atoms with Crippen molar-refractivity contribution in [3.8, 4) is 46.6 Å². The fraction of sp³-hybridized carbons (Fsp3) is 0.174. The van der Waals surface area contributed by atoms with E-state index in [1.54, 1.807) is 28.4 Å². The van der Waals surface area contributed by atoms with Crippen molar-refractivity contribution < 1.29 is 28.4 Å². The number of ether oxygens (including phenoxy) is 6. The topological polar surface area (TPSA) is 132 Å². The minimum Gasteiger partial charge on any atom is -0.493 e. The Balaban J connectivity index is 0.000000177. The van der Waals surface area contributed by atoms with E-state index in [2.05, 4.69) is 62.2 Å². The van der Waals surface area contributed by atoms with E-state index < -0.39 is 0 Å². The lowest BCUT2D eigenvalue weighted by atomic mass is 9.82. The molecule has 0 aliphatic carbocycles. The van der Waals surface area contributed by atoms with E-state index >= 15 is 0 Å². The highest BCUT2D eigenvalue weighted by molar-refractivity contribution is 9.11. The summed E-state index contributed by atoms with van der Waals surface area (Å²) in [4.78, 5) is 1.83. The number of hydrogen-bond donors (Lipinski definition) is 1. The second-order valence-electron chi connectivity index (χ2n) is 13.6. The summed E-state index contributed by atoms with van der Waals surface area (Å²) >= 11 is 7.12. The molecule has 0 bridgehead atoms. The summed E-state index contributed by atoms with van der Waals surface area (Å²) in [7, 11) is 10.1. The normalized spacial score (nSPS) is 15.4. The lowest BCUT2D eigenvalue weighted by Crippen LogP contribution is -2.25. The maximum absolute atomic E-state index is 10.1. The molecule has 6 aromatic rings. The summed E-state index contributed by atoms with van der Waals surface area (Å²) in [6, 6.07) is 36.5. The van der Waals surface area contributed by atoms with Crippen LogP contribution in [0.5, 0.6) is 34.5 Å². The standard InChI is InChI=1S/C24H21BrN2O3.C22H17BrN2O3/c1-27(2)24-18(13-26)22(16-10-19(25)23(29-4)21(12-16)28-3)17-9-14-7-5-6-8-15(14)11-20(17)30-24;1-26-19-10-14(8-17(23)21(19)27-2)20-15-7-12-5-3-4-6-13(12)9-18(15)28-22(25)16(20)11-24/h5-12,22H,1-4H3;3-10,20H,25H2,1-2H3. The van der Waals surface area contributed by atoms with Gasteiger partial charge in [0, 0.05) is 25.2 Å². The van der Waals surface area contributed by atoms with Gasteiger partial charge in [-0.25, -0.2) is 0 Å². The largest absolute Gasteiger partial charge is 0.493 e. The Morgan fingerprint density at radius 2 is 1.00 bits per heavy atom. The number of nitrogens with two attached hydrogens (primary N) is 1. The average Bonchev–Trinajstić information content (AvgIpc) is 3.23. The molecule has 0 radical (unpaired) electrons. The van der Waals surface area contributed by atoms with Gasteiger partial charge in [-0.2, -0.15) is 10.5 Å². The molecule has 2 aliphatic heterocycles. The number of benzene rings is 6. The van der Waals surface area contributed by atoms with Gasteiger partial charge in [-0.3, -0.25) is 0 Å². The molecule has 12 heteroatoms. The molecule has 2 N–H and O–H groups in total. The molecule has 10 nitrogen and oxygen atoms in total. The number of halogens is 2. The first-order valence-corrected chi connectivity index (χ1v) is 19.6. The number of nitrogens with zero attached hydrogens (tertiary/aromatic N) is 3. The third kappa shape index (κ3) is 7.22. The number of hydrogen-bond acceptors (Lipinski definition) is 10. The Morgan fingerprint density at radius 3 is 1.40 bits per heavy atom. The van der Waals surface area contributed by atoms with Crippen molar-refractivity contribution >= 4 is 53.4 Å². The average molecular weight is 903 g/mol. The van der Waals surface area contributed by atoms with Crippen LogP contribution in [0.3, 0.4) is 0 Å². The zero-order valence-electron chi connectivity index (χ0n) is 32.5. The fourth-order valence-corrected chi connectivity index (χ4v) is 8.72. The summed E-state index contributed by atoms with van der Waals surface area (Å²) in [5.41, 5.74) is 10.6. The van der Waals surface area contributed by atoms with Crippen molar-refractivity contribution in [1.82, 2.24) is 4.90 Å². The SMILES string of the molecule is COc1cc(C2C(C#N)=C(N(C)C)Oc3cc4ccccc4cc32)cc(Br)c1OC.COc1cc(C2C(C#N)=C(N)Oc3cc4ccccc4cc32)cc(Br)c1OC. The molecular formula is C46H38Br2N4O6. The molecule has 6 aromatic carbocycles. The summed E-state index contributed by atoms with van der Waals surface area (Å²) in [6.07, 6.45) is 0. The van der Waals surface area contributed by atoms with Crippen molar-refractivity contribution in [1.29, 1.82) is 10.5 Å². The van der Waals surface area contributed by atoms with Crippen molar-refractivity contribution in [2.75, 3.05) is 42.5 Å². The van der Waals surface area contributed by atoms with Gasteiger partial charge in [-0.05, 0) is 113 Å². The van der Waals surface area contributed by atoms with Crippen LogP contribution in [0.2, 0.25) is 0 Å². The maximum Gasteiger partial charge on any atom is 0.210 e. The molecule has 58 heavy (non-hydrogen) atoms. The van der Waals surface area contributed by atoms with E-state index in [1.165, 1.54) is 0 Å². The first-order valence-electron chi connectivity index (χ1n) is 18.0. The molecule has 0 saturated heterocycles. The third-order valence-corrected chi connectivity index (χ3v) is 11.3. The second-order valence-corrected chi connectivity index (χ2v) is 15.3. The Morgan fingerprint density at radius 1 is 0.586 bits per heavy atom. The number of methoxy groups -OCH3 is 4. The fourth-order valence-electron chi connectivity index (χ4n) is 7.48. The smallest absolute Gasteiger partial charge is 0.210 e. The Kier molecular flexibility index (Phi) is 11.4. The van der Waals surface area contributed by atoms with Gasteiger partial charge >= 0.3 is 0 Å². The van der Waals surface area contributed by atoms with Gasteiger partial charge in [0.1, 0.15) is 34.8 Å². The molecule has 292 valence electrons. The van der Waals surface area contributed by atoms with Crippen molar-refractivity contribution in [2.24, 2.45) is 5.73 Å². The molecule has 2 heterocycles. The molecule has 2 unspecified atom stereocenters. The predicted molar refractivity (Wildman–Crippen MR) is 230 cm³/mol. The van der Waals surface area contributed by atoms with Gasteiger partial charge in [0.2, 0.25) is 11.8 Å². The molecule has 0 saturated carbocycles. The minimum absolute atomic E-state index is 0.112. The highest BCUT2D eigenvalue weighted by Crippen LogP contribution is 2.49.